The molecular weight excluding hydrogens is 134 g/mol. The van der Waals surface area contributed by atoms with Gasteiger partial charge in [0.05, 0.1) is 0 Å². The van der Waals surface area contributed by atoms with Crippen molar-refractivity contribution in [3.8, 4) is 0 Å². The molecule has 0 saturated carbocycles. The van der Waals surface area contributed by atoms with Crippen molar-refractivity contribution in [1.29, 1.82) is 0 Å². The summed E-state index contributed by atoms with van der Waals surface area (Å²) in [6.07, 6.45) is 7.90. The van der Waals surface area contributed by atoms with Crippen molar-refractivity contribution >= 4 is 0 Å². The Morgan fingerprint density at radius 1 is 1.55 bits per heavy atom. The van der Waals surface area contributed by atoms with Crippen LogP contribution >= 0.6 is 0 Å². The molecule has 62 valence electrons. The van der Waals surface area contributed by atoms with E-state index in [1.807, 2.05) is 0 Å². The van der Waals surface area contributed by atoms with Crippen LogP contribution in [0, 0.1) is 0 Å². The van der Waals surface area contributed by atoms with Crippen molar-refractivity contribution in [1.82, 2.24) is 4.90 Å². The summed E-state index contributed by atoms with van der Waals surface area (Å²) in [5.41, 5.74) is 1.69. The molecule has 0 N–H and O–H groups in total. The molecule has 1 fully saturated rings. The van der Waals surface area contributed by atoms with Crippen LogP contribution in [0.3, 0.4) is 0 Å². The van der Waals surface area contributed by atoms with Crippen molar-refractivity contribution in [2.24, 2.45) is 0 Å². The van der Waals surface area contributed by atoms with Crippen LogP contribution in [0.1, 0.15) is 32.6 Å². The minimum Gasteiger partial charge on any atom is -0.297 e. The number of hydrogen-bond donors (Lipinski definition) is 0. The van der Waals surface area contributed by atoms with Gasteiger partial charge < -0.3 is 0 Å². The molecular formula is C10H17N. The third-order valence-corrected chi connectivity index (χ3v) is 3.27. The zero-order chi connectivity index (χ0) is 7.84. The fraction of sp³-hybridized carbons (Fsp3) is 0.800. The Balaban J connectivity index is 2.17. The third kappa shape index (κ3) is 1.12. The molecule has 0 spiro atoms. The summed E-state index contributed by atoms with van der Waals surface area (Å²) in [5.74, 6) is 0. The zero-order valence-electron chi connectivity index (χ0n) is 7.51. The van der Waals surface area contributed by atoms with Crippen LogP contribution in [0.5, 0.6) is 0 Å². The van der Waals surface area contributed by atoms with Gasteiger partial charge >= 0.3 is 0 Å². The standard InChI is InChI=1S/C10H17N/c1-3-8-6-9-4-5-10(7-8)11(9)2/h6,9-10H,3-5,7H2,1-2H3. The summed E-state index contributed by atoms with van der Waals surface area (Å²) in [7, 11) is 2.27. The van der Waals surface area contributed by atoms with Crippen molar-refractivity contribution in [3.05, 3.63) is 11.6 Å². The largest absolute Gasteiger partial charge is 0.297 e. The van der Waals surface area contributed by atoms with Crippen molar-refractivity contribution in [2.45, 2.75) is 44.7 Å². The Bertz CT molecular complexity index is 183. The van der Waals surface area contributed by atoms with E-state index in [4.69, 9.17) is 0 Å². The second-order valence-corrected chi connectivity index (χ2v) is 3.85. The Hall–Kier alpha value is -0.300. The van der Waals surface area contributed by atoms with Crippen LogP contribution in [-0.2, 0) is 0 Å². The summed E-state index contributed by atoms with van der Waals surface area (Å²) >= 11 is 0. The smallest absolute Gasteiger partial charge is 0.0281 e. The van der Waals surface area contributed by atoms with E-state index in [9.17, 15) is 0 Å². The van der Waals surface area contributed by atoms with Gasteiger partial charge in [0.2, 0.25) is 0 Å². The highest BCUT2D eigenvalue weighted by Crippen LogP contribution is 2.33. The molecule has 1 saturated heterocycles. The van der Waals surface area contributed by atoms with Gasteiger partial charge in [-0.1, -0.05) is 18.6 Å². The normalized spacial score (nSPS) is 37.5. The van der Waals surface area contributed by atoms with Gasteiger partial charge in [0.15, 0.2) is 0 Å². The lowest BCUT2D eigenvalue weighted by molar-refractivity contribution is 0.253. The number of nitrogens with zero attached hydrogens (tertiary/aromatic N) is 1. The van der Waals surface area contributed by atoms with Gasteiger partial charge in [-0.05, 0) is 32.7 Å². The lowest BCUT2D eigenvalue weighted by Crippen LogP contribution is -2.34. The monoisotopic (exact) mass is 151 g/mol. The van der Waals surface area contributed by atoms with Crippen LogP contribution in [0.4, 0.5) is 0 Å². The summed E-state index contributed by atoms with van der Waals surface area (Å²) in [6.45, 7) is 2.27. The molecule has 2 rings (SSSR count). The minimum absolute atomic E-state index is 0.781. The van der Waals surface area contributed by atoms with Gasteiger partial charge in [0.25, 0.3) is 0 Å². The molecule has 0 amide bonds. The van der Waals surface area contributed by atoms with Gasteiger partial charge in [-0.2, -0.15) is 0 Å². The fourth-order valence-electron chi connectivity index (χ4n) is 2.39. The Morgan fingerprint density at radius 3 is 3.00 bits per heavy atom. The molecule has 2 atom stereocenters. The number of fused-ring (bicyclic) bond motifs is 2. The van der Waals surface area contributed by atoms with E-state index in [0.717, 1.165) is 12.1 Å². The maximum absolute atomic E-state index is 2.54. The molecule has 2 aliphatic heterocycles. The average molecular weight is 151 g/mol. The third-order valence-electron chi connectivity index (χ3n) is 3.27. The van der Waals surface area contributed by atoms with E-state index >= 15 is 0 Å². The van der Waals surface area contributed by atoms with Gasteiger partial charge in [0, 0.05) is 12.1 Å². The molecule has 2 unspecified atom stereocenters. The zero-order valence-corrected chi connectivity index (χ0v) is 7.51. The molecule has 0 aromatic rings. The van der Waals surface area contributed by atoms with Crippen LogP contribution in [0.2, 0.25) is 0 Å². The van der Waals surface area contributed by atoms with E-state index in [0.29, 0.717) is 0 Å². The lowest BCUT2D eigenvalue weighted by atomic mass is 10.0. The highest BCUT2D eigenvalue weighted by Gasteiger charge is 2.32. The molecule has 1 nitrogen and oxygen atoms in total. The molecule has 0 radical (unpaired) electrons. The Morgan fingerprint density at radius 2 is 2.36 bits per heavy atom. The predicted octanol–water partition coefficient (Wildman–Crippen LogP) is 2.19. The summed E-state index contributed by atoms with van der Waals surface area (Å²) in [6, 6.07) is 1.66. The van der Waals surface area contributed by atoms with Gasteiger partial charge in [0.1, 0.15) is 0 Å². The molecule has 2 aliphatic rings. The van der Waals surface area contributed by atoms with Crippen LogP contribution in [-0.4, -0.2) is 24.0 Å². The molecule has 2 heterocycles. The van der Waals surface area contributed by atoms with E-state index in [1.165, 1.54) is 25.7 Å². The van der Waals surface area contributed by atoms with Crippen molar-refractivity contribution in [2.75, 3.05) is 7.05 Å². The SMILES string of the molecule is CCC1=CC2CCC(C1)N2C. The molecule has 0 aromatic heterocycles. The molecule has 1 heteroatoms. The predicted molar refractivity (Wildman–Crippen MR) is 47.6 cm³/mol. The number of rotatable bonds is 1. The molecule has 0 aromatic carbocycles. The first-order valence-electron chi connectivity index (χ1n) is 4.72. The lowest BCUT2D eigenvalue weighted by Gasteiger charge is -2.29. The van der Waals surface area contributed by atoms with Crippen molar-refractivity contribution in [3.63, 3.8) is 0 Å². The maximum atomic E-state index is 2.54. The van der Waals surface area contributed by atoms with Gasteiger partial charge in [-0.25, -0.2) is 0 Å². The van der Waals surface area contributed by atoms with Crippen molar-refractivity contribution < 1.29 is 0 Å². The van der Waals surface area contributed by atoms with Gasteiger partial charge in [-0.3, -0.25) is 4.90 Å². The van der Waals surface area contributed by atoms with E-state index in [2.05, 4.69) is 24.9 Å². The van der Waals surface area contributed by atoms with E-state index < -0.39 is 0 Å². The van der Waals surface area contributed by atoms with E-state index in [-0.39, 0.29) is 0 Å². The van der Waals surface area contributed by atoms with Crippen LogP contribution < -0.4 is 0 Å². The van der Waals surface area contributed by atoms with E-state index in [1.54, 1.807) is 5.57 Å². The quantitative estimate of drug-likeness (QED) is 0.519. The highest BCUT2D eigenvalue weighted by atomic mass is 15.2. The minimum atomic E-state index is 0.781. The average Bonchev–Trinajstić information content (AvgIpc) is 2.26. The topological polar surface area (TPSA) is 3.24 Å². The Labute approximate surface area is 69.1 Å². The summed E-state index contributed by atoms with van der Waals surface area (Å²) in [5, 5.41) is 0. The maximum Gasteiger partial charge on any atom is 0.0281 e. The molecule has 11 heavy (non-hydrogen) atoms. The molecule has 0 aliphatic carbocycles. The fourth-order valence-corrected chi connectivity index (χ4v) is 2.39. The second-order valence-electron chi connectivity index (χ2n) is 3.85. The molecule has 2 bridgehead atoms. The summed E-state index contributed by atoms with van der Waals surface area (Å²) < 4.78 is 0. The summed E-state index contributed by atoms with van der Waals surface area (Å²) in [4.78, 5) is 2.54. The first-order valence-corrected chi connectivity index (χ1v) is 4.72. The van der Waals surface area contributed by atoms with Gasteiger partial charge in [-0.15, -0.1) is 0 Å². The van der Waals surface area contributed by atoms with Crippen LogP contribution in [0.15, 0.2) is 11.6 Å². The first kappa shape index (κ1) is 7.35. The first-order chi connectivity index (χ1) is 5.31. The second kappa shape index (κ2) is 2.63. The number of likely N-dealkylation sites (N-methyl/N-ethyl adjacent to an activating group) is 1. The Kier molecular flexibility index (Phi) is 1.76. The number of hydrogen-bond acceptors (Lipinski definition) is 1. The van der Waals surface area contributed by atoms with Crippen LogP contribution in [0.25, 0.3) is 0 Å². The highest BCUT2D eigenvalue weighted by molar-refractivity contribution is 5.16.